The van der Waals surface area contributed by atoms with Crippen molar-refractivity contribution in [2.45, 2.75) is 84.5 Å². The standard InChI is InChI=1S/C16H31NO3/c1-12(13(18)20-14(2,3)4)17-11-16(19)9-7-15(5,6)8-10-16/h12,17,19H,7-11H2,1-6H3. The summed E-state index contributed by atoms with van der Waals surface area (Å²) < 4.78 is 5.32. The lowest BCUT2D eigenvalue weighted by molar-refractivity contribution is -0.157. The largest absolute Gasteiger partial charge is 0.459 e. The minimum Gasteiger partial charge on any atom is -0.459 e. The molecule has 4 nitrogen and oxygen atoms in total. The third-order valence-electron chi connectivity index (χ3n) is 4.03. The van der Waals surface area contributed by atoms with E-state index in [-0.39, 0.29) is 5.97 Å². The van der Waals surface area contributed by atoms with E-state index in [9.17, 15) is 9.90 Å². The molecule has 0 bridgehead atoms. The zero-order valence-electron chi connectivity index (χ0n) is 13.9. The van der Waals surface area contributed by atoms with Crippen LogP contribution < -0.4 is 5.32 Å². The van der Waals surface area contributed by atoms with Crippen LogP contribution in [0.5, 0.6) is 0 Å². The molecule has 20 heavy (non-hydrogen) atoms. The molecule has 1 aliphatic rings. The maximum atomic E-state index is 11.9. The van der Waals surface area contributed by atoms with Gasteiger partial charge in [0.05, 0.1) is 5.60 Å². The molecule has 2 N–H and O–H groups in total. The van der Waals surface area contributed by atoms with Gasteiger partial charge < -0.3 is 15.2 Å². The summed E-state index contributed by atoms with van der Waals surface area (Å²) in [6.45, 7) is 12.3. The molecule has 1 saturated carbocycles. The Morgan fingerprint density at radius 1 is 1.25 bits per heavy atom. The molecule has 0 radical (unpaired) electrons. The van der Waals surface area contributed by atoms with Gasteiger partial charge in [-0.15, -0.1) is 0 Å². The number of rotatable bonds is 4. The van der Waals surface area contributed by atoms with Crippen molar-refractivity contribution in [1.29, 1.82) is 0 Å². The molecule has 1 atom stereocenters. The van der Waals surface area contributed by atoms with E-state index in [1.54, 1.807) is 6.92 Å². The molecule has 0 spiro atoms. The van der Waals surface area contributed by atoms with Gasteiger partial charge in [0.1, 0.15) is 11.6 Å². The first-order valence-electron chi connectivity index (χ1n) is 7.61. The molecule has 0 heterocycles. The van der Waals surface area contributed by atoms with Gasteiger partial charge in [0.25, 0.3) is 0 Å². The first-order chi connectivity index (χ1) is 8.93. The monoisotopic (exact) mass is 285 g/mol. The first-order valence-corrected chi connectivity index (χ1v) is 7.61. The normalized spacial score (nSPS) is 23.1. The number of esters is 1. The topological polar surface area (TPSA) is 58.6 Å². The Morgan fingerprint density at radius 2 is 1.75 bits per heavy atom. The molecular formula is C16H31NO3. The molecule has 1 aliphatic carbocycles. The van der Waals surface area contributed by atoms with Crippen LogP contribution in [0.2, 0.25) is 0 Å². The second kappa shape index (κ2) is 6.02. The summed E-state index contributed by atoms with van der Waals surface area (Å²) in [6.07, 6.45) is 3.61. The number of ether oxygens (including phenoxy) is 1. The van der Waals surface area contributed by atoms with E-state index in [0.717, 1.165) is 25.7 Å². The zero-order valence-corrected chi connectivity index (χ0v) is 13.9. The van der Waals surface area contributed by atoms with Crippen molar-refractivity contribution in [3.63, 3.8) is 0 Å². The summed E-state index contributed by atoms with van der Waals surface area (Å²) in [5, 5.41) is 13.7. The van der Waals surface area contributed by atoms with Crippen LogP contribution in [0.15, 0.2) is 0 Å². The lowest BCUT2D eigenvalue weighted by Gasteiger charge is -2.40. The Labute approximate surface area is 123 Å². The Bertz CT molecular complexity index is 334. The van der Waals surface area contributed by atoms with E-state index in [4.69, 9.17) is 4.74 Å². The summed E-state index contributed by atoms with van der Waals surface area (Å²) in [4.78, 5) is 11.9. The summed E-state index contributed by atoms with van der Waals surface area (Å²) >= 11 is 0. The molecule has 0 aliphatic heterocycles. The van der Waals surface area contributed by atoms with Crippen LogP contribution in [0.3, 0.4) is 0 Å². The van der Waals surface area contributed by atoms with E-state index in [1.807, 2.05) is 20.8 Å². The predicted molar refractivity (Wildman–Crippen MR) is 80.5 cm³/mol. The van der Waals surface area contributed by atoms with Gasteiger partial charge in [-0.05, 0) is 58.8 Å². The molecule has 4 heteroatoms. The summed E-state index contributed by atoms with van der Waals surface area (Å²) in [6, 6.07) is -0.395. The highest BCUT2D eigenvalue weighted by Crippen LogP contribution is 2.39. The molecule has 0 saturated heterocycles. The molecular weight excluding hydrogens is 254 g/mol. The molecule has 0 aromatic heterocycles. The molecule has 0 amide bonds. The highest BCUT2D eigenvalue weighted by molar-refractivity contribution is 5.75. The van der Waals surface area contributed by atoms with Crippen molar-refractivity contribution in [1.82, 2.24) is 5.32 Å². The summed E-state index contributed by atoms with van der Waals surface area (Å²) in [5.41, 5.74) is -0.840. The second-order valence-electron chi connectivity index (χ2n) is 8.02. The number of carbonyl (C=O) groups is 1. The zero-order chi connectivity index (χ0) is 15.6. The van der Waals surface area contributed by atoms with Crippen LogP contribution in [0.25, 0.3) is 0 Å². The van der Waals surface area contributed by atoms with Gasteiger partial charge in [0, 0.05) is 6.54 Å². The quantitative estimate of drug-likeness (QED) is 0.780. The molecule has 0 aromatic carbocycles. The lowest BCUT2D eigenvalue weighted by Crippen LogP contribution is -2.49. The number of nitrogens with one attached hydrogen (secondary N) is 1. The third-order valence-corrected chi connectivity index (χ3v) is 4.03. The molecule has 118 valence electrons. The van der Waals surface area contributed by atoms with E-state index in [1.165, 1.54) is 0 Å². The second-order valence-corrected chi connectivity index (χ2v) is 8.02. The first kappa shape index (κ1) is 17.4. The number of carbonyl (C=O) groups excluding carboxylic acids is 1. The number of hydrogen-bond acceptors (Lipinski definition) is 4. The van der Waals surface area contributed by atoms with Crippen LogP contribution >= 0.6 is 0 Å². The maximum Gasteiger partial charge on any atom is 0.323 e. The molecule has 0 aromatic rings. The van der Waals surface area contributed by atoms with Crippen LogP contribution in [-0.2, 0) is 9.53 Å². The fourth-order valence-electron chi connectivity index (χ4n) is 2.39. The van der Waals surface area contributed by atoms with Gasteiger partial charge >= 0.3 is 5.97 Å². The Kier molecular flexibility index (Phi) is 5.25. The van der Waals surface area contributed by atoms with Gasteiger partial charge in [-0.2, -0.15) is 0 Å². The van der Waals surface area contributed by atoms with Crippen LogP contribution in [0.1, 0.15) is 67.2 Å². The Balaban J connectivity index is 2.41. The fraction of sp³-hybridized carbons (Fsp3) is 0.938. The highest BCUT2D eigenvalue weighted by atomic mass is 16.6. The van der Waals surface area contributed by atoms with Gasteiger partial charge in [0.2, 0.25) is 0 Å². The average Bonchev–Trinajstić information content (AvgIpc) is 2.29. The molecule has 1 unspecified atom stereocenters. The summed E-state index contributed by atoms with van der Waals surface area (Å²) in [7, 11) is 0. The average molecular weight is 285 g/mol. The van der Waals surface area contributed by atoms with Crippen LogP contribution in [0.4, 0.5) is 0 Å². The SMILES string of the molecule is CC(NCC1(O)CCC(C)(C)CC1)C(=O)OC(C)(C)C. The Hall–Kier alpha value is -0.610. The van der Waals surface area contributed by atoms with Gasteiger partial charge in [-0.1, -0.05) is 13.8 Å². The van der Waals surface area contributed by atoms with Gasteiger partial charge in [-0.25, -0.2) is 0 Å². The van der Waals surface area contributed by atoms with Crippen molar-refractivity contribution in [3.8, 4) is 0 Å². The van der Waals surface area contributed by atoms with Gasteiger partial charge in [0.15, 0.2) is 0 Å². The van der Waals surface area contributed by atoms with Crippen molar-refractivity contribution >= 4 is 5.97 Å². The fourth-order valence-corrected chi connectivity index (χ4v) is 2.39. The van der Waals surface area contributed by atoms with Crippen molar-refractivity contribution < 1.29 is 14.6 Å². The van der Waals surface area contributed by atoms with Crippen molar-refractivity contribution in [3.05, 3.63) is 0 Å². The smallest absolute Gasteiger partial charge is 0.323 e. The minimum absolute atomic E-state index is 0.266. The van der Waals surface area contributed by atoms with E-state index in [2.05, 4.69) is 19.2 Å². The van der Waals surface area contributed by atoms with Crippen molar-refractivity contribution in [2.24, 2.45) is 5.41 Å². The van der Waals surface area contributed by atoms with E-state index in [0.29, 0.717) is 12.0 Å². The van der Waals surface area contributed by atoms with E-state index < -0.39 is 17.2 Å². The third kappa shape index (κ3) is 5.80. The van der Waals surface area contributed by atoms with Crippen molar-refractivity contribution in [2.75, 3.05) is 6.54 Å². The predicted octanol–water partition coefficient (Wildman–Crippen LogP) is 2.64. The van der Waals surface area contributed by atoms with Crippen LogP contribution in [0, 0.1) is 5.41 Å². The summed E-state index contributed by atoms with van der Waals surface area (Å²) in [5.74, 6) is -0.266. The number of hydrogen-bond donors (Lipinski definition) is 2. The van der Waals surface area contributed by atoms with E-state index >= 15 is 0 Å². The number of aliphatic hydroxyl groups is 1. The Morgan fingerprint density at radius 3 is 2.20 bits per heavy atom. The highest BCUT2D eigenvalue weighted by Gasteiger charge is 2.37. The minimum atomic E-state index is -0.689. The molecule has 1 rings (SSSR count). The maximum absolute atomic E-state index is 11.9. The molecule has 1 fully saturated rings. The van der Waals surface area contributed by atoms with Crippen LogP contribution in [-0.4, -0.2) is 34.9 Å². The lowest BCUT2D eigenvalue weighted by atomic mass is 9.71. The van der Waals surface area contributed by atoms with Gasteiger partial charge in [-0.3, -0.25) is 4.79 Å².